The molecule has 176 valence electrons. The van der Waals surface area contributed by atoms with Gasteiger partial charge in [0.15, 0.2) is 0 Å². The fourth-order valence-corrected chi connectivity index (χ4v) is 4.38. The molecule has 1 aliphatic heterocycles. The minimum atomic E-state index is -0.623. The Labute approximate surface area is 200 Å². The van der Waals surface area contributed by atoms with E-state index in [1.54, 1.807) is 29.3 Å². The molecule has 10 heteroatoms. The molecule has 0 radical (unpaired) electrons. The molecule has 3 aromatic heterocycles. The highest BCUT2D eigenvalue weighted by Crippen LogP contribution is 2.27. The number of benzene rings is 1. The van der Waals surface area contributed by atoms with E-state index in [1.165, 1.54) is 23.5 Å². The van der Waals surface area contributed by atoms with E-state index in [1.807, 2.05) is 25.1 Å². The smallest absolute Gasteiger partial charge is 0.295 e. The fraction of sp³-hybridized carbons (Fsp3) is 0.200. The second-order valence-corrected chi connectivity index (χ2v) is 8.41. The zero-order valence-electron chi connectivity index (χ0n) is 19.0. The minimum absolute atomic E-state index is 0.0859. The number of amides is 2. The van der Waals surface area contributed by atoms with Gasteiger partial charge in [-0.2, -0.15) is 0 Å². The number of anilines is 1. The van der Waals surface area contributed by atoms with Crippen LogP contribution in [-0.2, 0) is 4.79 Å². The maximum atomic E-state index is 13.2. The van der Waals surface area contributed by atoms with Gasteiger partial charge in [-0.05, 0) is 25.1 Å². The van der Waals surface area contributed by atoms with Gasteiger partial charge in [0.25, 0.3) is 17.6 Å². The van der Waals surface area contributed by atoms with E-state index in [9.17, 15) is 14.4 Å². The third kappa shape index (κ3) is 4.10. The number of pyridine rings is 1. The summed E-state index contributed by atoms with van der Waals surface area (Å²) in [5.41, 5.74) is 8.10. The van der Waals surface area contributed by atoms with E-state index in [0.717, 1.165) is 0 Å². The highest BCUT2D eigenvalue weighted by Gasteiger charge is 2.34. The molecule has 1 fully saturated rings. The van der Waals surface area contributed by atoms with E-state index in [4.69, 9.17) is 5.73 Å². The summed E-state index contributed by atoms with van der Waals surface area (Å²) in [5, 5.41) is 0.558. The summed E-state index contributed by atoms with van der Waals surface area (Å²) < 4.78 is 0. The summed E-state index contributed by atoms with van der Waals surface area (Å²) in [6.45, 7) is 2.82. The fourth-order valence-electron chi connectivity index (χ4n) is 4.38. The largest absolute Gasteiger partial charge is 0.382 e. The quantitative estimate of drug-likeness (QED) is 0.345. The number of Topliss-reactive ketones (excluding diaryl/α,β-unsaturated/α-hetero) is 1. The van der Waals surface area contributed by atoms with Gasteiger partial charge in [0.05, 0.1) is 23.5 Å². The third-order valence-electron chi connectivity index (χ3n) is 6.13. The van der Waals surface area contributed by atoms with Gasteiger partial charge in [-0.15, -0.1) is 0 Å². The van der Waals surface area contributed by atoms with E-state index in [2.05, 4.69) is 19.9 Å². The maximum absolute atomic E-state index is 13.2. The zero-order chi connectivity index (χ0) is 24.5. The maximum Gasteiger partial charge on any atom is 0.295 e. The van der Waals surface area contributed by atoms with Crippen LogP contribution in [0.25, 0.3) is 22.3 Å². The number of fused-ring (bicyclic) bond motifs is 1. The Hall–Kier alpha value is -4.60. The lowest BCUT2D eigenvalue weighted by Crippen LogP contribution is -2.56. The number of rotatable bonds is 4. The van der Waals surface area contributed by atoms with Gasteiger partial charge in [-0.3, -0.25) is 24.4 Å². The normalized spacial score (nSPS) is 15.9. The summed E-state index contributed by atoms with van der Waals surface area (Å²) in [6.07, 6.45) is 6.02. The number of H-pyrrole nitrogens is 1. The Morgan fingerprint density at radius 1 is 1.09 bits per heavy atom. The number of hydrogen-bond donors (Lipinski definition) is 2. The van der Waals surface area contributed by atoms with Crippen molar-refractivity contribution in [2.45, 2.75) is 13.0 Å². The van der Waals surface area contributed by atoms with Crippen LogP contribution in [0.15, 0.2) is 61.2 Å². The van der Waals surface area contributed by atoms with Crippen molar-refractivity contribution >= 4 is 34.3 Å². The second kappa shape index (κ2) is 8.98. The molecule has 0 aliphatic carbocycles. The topological polar surface area (TPSA) is 138 Å². The lowest BCUT2D eigenvalue weighted by atomic mass is 10.1. The van der Waals surface area contributed by atoms with E-state index < -0.39 is 11.7 Å². The molecule has 0 spiro atoms. The molecule has 10 nitrogen and oxygen atoms in total. The number of aromatic amines is 1. The first kappa shape index (κ1) is 22.2. The molecule has 1 saturated heterocycles. The van der Waals surface area contributed by atoms with Gasteiger partial charge in [0, 0.05) is 49.0 Å². The third-order valence-corrected chi connectivity index (χ3v) is 6.13. The van der Waals surface area contributed by atoms with Crippen molar-refractivity contribution in [1.29, 1.82) is 0 Å². The van der Waals surface area contributed by atoms with Gasteiger partial charge < -0.3 is 20.5 Å². The van der Waals surface area contributed by atoms with Gasteiger partial charge in [-0.25, -0.2) is 4.98 Å². The monoisotopic (exact) mass is 469 g/mol. The molecular weight excluding hydrogens is 446 g/mol. The van der Waals surface area contributed by atoms with Crippen molar-refractivity contribution in [3.05, 3.63) is 72.3 Å². The summed E-state index contributed by atoms with van der Waals surface area (Å²) in [6, 6.07) is 10.4. The Balaban J connectivity index is 1.36. The predicted octanol–water partition coefficient (Wildman–Crippen LogP) is 2.16. The molecule has 4 aromatic rings. The molecule has 0 saturated carbocycles. The lowest BCUT2D eigenvalue weighted by Gasteiger charge is -2.39. The Morgan fingerprint density at radius 2 is 1.89 bits per heavy atom. The number of aromatic nitrogens is 4. The molecule has 3 N–H and O–H groups in total. The van der Waals surface area contributed by atoms with E-state index in [0.29, 0.717) is 40.9 Å². The van der Waals surface area contributed by atoms with E-state index >= 15 is 0 Å². The van der Waals surface area contributed by atoms with Crippen LogP contribution in [0.5, 0.6) is 0 Å². The van der Waals surface area contributed by atoms with Crippen molar-refractivity contribution in [1.82, 2.24) is 29.7 Å². The van der Waals surface area contributed by atoms with Crippen LogP contribution < -0.4 is 5.73 Å². The van der Waals surface area contributed by atoms with Gasteiger partial charge in [0.1, 0.15) is 17.2 Å². The predicted molar refractivity (Wildman–Crippen MR) is 129 cm³/mol. The Kier molecular flexibility index (Phi) is 5.69. The molecular formula is C25H23N7O3. The molecule has 1 atom stereocenters. The van der Waals surface area contributed by atoms with Crippen molar-refractivity contribution in [3.8, 4) is 11.4 Å². The van der Waals surface area contributed by atoms with Crippen molar-refractivity contribution in [2.75, 3.05) is 25.4 Å². The number of carbonyl (C=O) groups excluding carboxylic acids is 3. The number of carbonyl (C=O) groups is 3. The number of nitrogens with one attached hydrogen (secondary N) is 1. The minimum Gasteiger partial charge on any atom is -0.382 e. The van der Waals surface area contributed by atoms with Crippen LogP contribution in [0.3, 0.4) is 0 Å². The van der Waals surface area contributed by atoms with Crippen LogP contribution in [0.1, 0.15) is 27.6 Å². The summed E-state index contributed by atoms with van der Waals surface area (Å²) >= 11 is 0. The van der Waals surface area contributed by atoms with Gasteiger partial charge in [0.2, 0.25) is 0 Å². The number of ketones is 1. The van der Waals surface area contributed by atoms with Crippen LogP contribution >= 0.6 is 0 Å². The SMILES string of the molecule is CC1CN(C(=O)c2ccccc2)CCN1C(=O)C(=O)c1c[nH]c2c(-c3cncc(N)n3)nccc12. The summed E-state index contributed by atoms with van der Waals surface area (Å²) in [5.74, 6) is -1.07. The molecule has 4 heterocycles. The second-order valence-electron chi connectivity index (χ2n) is 8.41. The van der Waals surface area contributed by atoms with Crippen LogP contribution in [0.4, 0.5) is 5.82 Å². The molecule has 1 aromatic carbocycles. The summed E-state index contributed by atoms with van der Waals surface area (Å²) in [7, 11) is 0. The lowest BCUT2D eigenvalue weighted by molar-refractivity contribution is -0.130. The Bertz CT molecular complexity index is 1430. The first-order chi connectivity index (χ1) is 16.9. The van der Waals surface area contributed by atoms with Gasteiger partial charge >= 0.3 is 0 Å². The average Bonchev–Trinajstić information content (AvgIpc) is 3.32. The van der Waals surface area contributed by atoms with Crippen LogP contribution in [0.2, 0.25) is 0 Å². The molecule has 5 rings (SSSR count). The average molecular weight is 470 g/mol. The number of nitrogens with zero attached hydrogens (tertiary/aromatic N) is 5. The number of hydrogen-bond acceptors (Lipinski definition) is 7. The van der Waals surface area contributed by atoms with Crippen molar-refractivity contribution < 1.29 is 14.4 Å². The molecule has 0 bridgehead atoms. The first-order valence-electron chi connectivity index (χ1n) is 11.2. The molecule has 1 aliphatic rings. The Morgan fingerprint density at radius 3 is 2.63 bits per heavy atom. The first-order valence-corrected chi connectivity index (χ1v) is 11.2. The highest BCUT2D eigenvalue weighted by molar-refractivity contribution is 6.45. The molecule has 35 heavy (non-hydrogen) atoms. The highest BCUT2D eigenvalue weighted by atomic mass is 16.2. The number of nitrogens with two attached hydrogens (primary N) is 1. The summed E-state index contributed by atoms with van der Waals surface area (Å²) in [4.78, 5) is 58.2. The van der Waals surface area contributed by atoms with Crippen molar-refractivity contribution in [2.24, 2.45) is 0 Å². The van der Waals surface area contributed by atoms with Crippen molar-refractivity contribution in [3.63, 3.8) is 0 Å². The van der Waals surface area contributed by atoms with Gasteiger partial charge in [-0.1, -0.05) is 18.2 Å². The standard InChI is InChI=1S/C25H23N7O3/c1-15-14-31(24(34)16-5-3-2-4-6-16)9-10-32(15)25(35)23(33)18-11-29-21-17(18)7-8-28-22(21)19-12-27-13-20(26)30-19/h2-8,11-13,15,29H,9-10,14H2,1H3,(H2,26,30). The molecule has 1 unspecified atom stereocenters. The van der Waals surface area contributed by atoms with Crippen LogP contribution in [-0.4, -0.2) is 73.0 Å². The zero-order valence-corrected chi connectivity index (χ0v) is 19.0. The van der Waals surface area contributed by atoms with Crippen LogP contribution in [0, 0.1) is 0 Å². The van der Waals surface area contributed by atoms with E-state index in [-0.39, 0.29) is 29.9 Å². The molecule has 2 amide bonds. The number of piperazine rings is 1. The number of nitrogen functional groups attached to an aromatic ring is 1.